The fourth-order valence-corrected chi connectivity index (χ4v) is 11.8. The number of unbranched alkanes of at least 4 members (excludes halogenated alkanes) is 3. The van der Waals surface area contributed by atoms with Crippen LogP contribution < -0.4 is 5.30 Å². The number of rotatable bonds is 9. The second-order valence-electron chi connectivity index (χ2n) is 5.47. The van der Waals surface area contributed by atoms with E-state index in [0.717, 1.165) is 0 Å². The molecule has 0 bridgehead atoms. The minimum absolute atomic E-state index is 0.839. The molecule has 20 heavy (non-hydrogen) atoms. The summed E-state index contributed by atoms with van der Waals surface area (Å²) >= 11 is -0.839. The Kier molecular flexibility index (Phi) is 16.2. The molecular formula is C18H34PSn. The first kappa shape index (κ1) is 20.4. The molecule has 0 spiro atoms. The summed E-state index contributed by atoms with van der Waals surface area (Å²) in [5, 5.41) is 1.24. The van der Waals surface area contributed by atoms with Gasteiger partial charge in [-0.15, -0.1) is 9.24 Å². The molecule has 1 rings (SSSR count). The van der Waals surface area contributed by atoms with Crippen molar-refractivity contribution in [3.8, 4) is 0 Å². The Hall–Kier alpha value is 0.449. The van der Waals surface area contributed by atoms with Crippen molar-refractivity contribution in [1.29, 1.82) is 0 Å². The van der Waals surface area contributed by atoms with Gasteiger partial charge in [0.1, 0.15) is 0 Å². The standard InChI is InChI=1S/C6H7P.3C4H9.Sn/c7-6-4-2-1-3-5-6;3*1-3-4-2;/h1-5H,7H2;3*1,3-4H2,2H3;. The number of hydrogen-bond acceptors (Lipinski definition) is 0. The van der Waals surface area contributed by atoms with Crippen LogP contribution in [-0.4, -0.2) is 19.8 Å². The van der Waals surface area contributed by atoms with E-state index < -0.39 is 19.8 Å². The van der Waals surface area contributed by atoms with Gasteiger partial charge >= 0.3 is 92.4 Å². The van der Waals surface area contributed by atoms with E-state index in [1.165, 1.54) is 43.8 Å². The quantitative estimate of drug-likeness (QED) is 0.349. The predicted octanol–water partition coefficient (Wildman–Crippen LogP) is 6.07. The summed E-state index contributed by atoms with van der Waals surface area (Å²) in [6.45, 7) is 7.00. The average Bonchev–Trinajstić information content (AvgIpc) is 2.48. The van der Waals surface area contributed by atoms with E-state index in [2.05, 4.69) is 30.0 Å². The van der Waals surface area contributed by atoms with Crippen LogP contribution in [-0.2, 0) is 0 Å². The Morgan fingerprint density at radius 2 is 1.15 bits per heavy atom. The molecule has 0 heterocycles. The molecule has 0 aliphatic rings. The molecule has 1 aromatic carbocycles. The van der Waals surface area contributed by atoms with Crippen LogP contribution in [0.25, 0.3) is 0 Å². The smallest absolute Gasteiger partial charge is 0.0303 e. The molecule has 115 valence electrons. The molecule has 0 aromatic heterocycles. The molecule has 1 unspecified atom stereocenters. The van der Waals surface area contributed by atoms with Crippen LogP contribution in [0.15, 0.2) is 30.3 Å². The second-order valence-corrected chi connectivity index (χ2v) is 14.7. The fourth-order valence-electron chi connectivity index (χ4n) is 2.11. The Morgan fingerprint density at radius 1 is 0.750 bits per heavy atom. The molecule has 0 aliphatic heterocycles. The summed E-state index contributed by atoms with van der Waals surface area (Å²) in [4.78, 5) is 0. The maximum atomic E-state index is 2.63. The van der Waals surface area contributed by atoms with E-state index >= 15 is 0 Å². The summed E-state index contributed by atoms with van der Waals surface area (Å²) in [7, 11) is 2.63. The molecule has 0 fully saturated rings. The Labute approximate surface area is 137 Å². The number of benzene rings is 1. The third-order valence-corrected chi connectivity index (χ3v) is 12.9. The molecule has 0 saturated heterocycles. The van der Waals surface area contributed by atoms with E-state index in [1.54, 1.807) is 13.3 Å². The van der Waals surface area contributed by atoms with Gasteiger partial charge in [-0.05, 0) is 5.30 Å². The molecule has 0 nitrogen and oxygen atoms in total. The molecule has 2 heteroatoms. The van der Waals surface area contributed by atoms with Crippen molar-refractivity contribution in [2.45, 2.75) is 72.6 Å². The maximum Gasteiger partial charge on any atom is -0.0303 e. The van der Waals surface area contributed by atoms with Gasteiger partial charge < -0.3 is 0 Å². The first-order valence-electron chi connectivity index (χ1n) is 8.38. The van der Waals surface area contributed by atoms with Gasteiger partial charge in [-0.3, -0.25) is 0 Å². The normalized spacial score (nSPS) is 10.2. The first-order chi connectivity index (χ1) is 9.74. The Bertz CT molecular complexity index is 268. The SMILES string of the molecule is CCC[CH2][Sn]([CH2]CCC)[CH2]CCC.Pc1ccccc1. The monoisotopic (exact) mass is 401 g/mol. The summed E-state index contributed by atoms with van der Waals surface area (Å²) in [5.41, 5.74) is 0. The molecule has 1 atom stereocenters. The van der Waals surface area contributed by atoms with Crippen molar-refractivity contribution < 1.29 is 0 Å². The molecule has 0 amide bonds. The van der Waals surface area contributed by atoms with Crippen molar-refractivity contribution in [3.05, 3.63) is 30.3 Å². The number of hydrogen-bond donors (Lipinski definition) is 0. The molecular weight excluding hydrogens is 366 g/mol. The van der Waals surface area contributed by atoms with Gasteiger partial charge in [0, 0.05) is 0 Å². The summed E-state index contributed by atoms with van der Waals surface area (Å²) in [5.74, 6) is 0. The third kappa shape index (κ3) is 13.4. The van der Waals surface area contributed by atoms with Gasteiger partial charge in [0.15, 0.2) is 0 Å². The third-order valence-electron chi connectivity index (χ3n) is 3.45. The molecule has 0 N–H and O–H groups in total. The molecule has 0 saturated carbocycles. The van der Waals surface area contributed by atoms with Crippen molar-refractivity contribution in [2.75, 3.05) is 0 Å². The van der Waals surface area contributed by atoms with Crippen LogP contribution in [0.1, 0.15) is 59.3 Å². The van der Waals surface area contributed by atoms with E-state index in [-0.39, 0.29) is 0 Å². The first-order valence-corrected chi connectivity index (χ1v) is 15.0. The van der Waals surface area contributed by atoms with Gasteiger partial charge in [-0.1, -0.05) is 30.3 Å². The van der Waals surface area contributed by atoms with E-state index in [0.29, 0.717) is 0 Å². The fraction of sp³-hybridized carbons (Fsp3) is 0.667. The minimum Gasteiger partial charge on any atom is -0.106 e. The van der Waals surface area contributed by atoms with Crippen molar-refractivity contribution >= 4 is 34.3 Å². The minimum atomic E-state index is -0.839. The van der Waals surface area contributed by atoms with Gasteiger partial charge in [-0.2, -0.15) is 0 Å². The van der Waals surface area contributed by atoms with Crippen molar-refractivity contribution in [3.63, 3.8) is 0 Å². The summed E-state index contributed by atoms with van der Waals surface area (Å²) in [6, 6.07) is 10.1. The Balaban J connectivity index is 0.000000428. The zero-order valence-corrected chi connectivity index (χ0v) is 17.8. The average molecular weight is 400 g/mol. The van der Waals surface area contributed by atoms with Crippen LogP contribution in [0.4, 0.5) is 0 Å². The molecule has 1 radical (unpaired) electrons. The second kappa shape index (κ2) is 15.8. The van der Waals surface area contributed by atoms with E-state index in [9.17, 15) is 0 Å². The Morgan fingerprint density at radius 3 is 1.40 bits per heavy atom. The zero-order valence-electron chi connectivity index (χ0n) is 13.8. The van der Waals surface area contributed by atoms with Crippen LogP contribution in [0.2, 0.25) is 13.3 Å². The van der Waals surface area contributed by atoms with E-state index in [4.69, 9.17) is 0 Å². The maximum absolute atomic E-state index is 2.63. The topological polar surface area (TPSA) is 0 Å². The van der Waals surface area contributed by atoms with Crippen LogP contribution >= 0.6 is 9.24 Å². The van der Waals surface area contributed by atoms with Gasteiger partial charge in [0.2, 0.25) is 0 Å². The van der Waals surface area contributed by atoms with Gasteiger partial charge in [0.05, 0.1) is 0 Å². The largest absolute Gasteiger partial charge is 0.106 e. The molecule has 1 aromatic rings. The summed E-state index contributed by atoms with van der Waals surface area (Å²) < 4.78 is 5.04. The van der Waals surface area contributed by atoms with E-state index in [1.807, 2.05) is 30.3 Å². The van der Waals surface area contributed by atoms with Crippen molar-refractivity contribution in [1.82, 2.24) is 0 Å². The molecule has 0 aliphatic carbocycles. The predicted molar refractivity (Wildman–Crippen MR) is 101 cm³/mol. The van der Waals surface area contributed by atoms with Gasteiger partial charge in [-0.25, -0.2) is 0 Å². The van der Waals surface area contributed by atoms with Gasteiger partial charge in [0.25, 0.3) is 0 Å². The van der Waals surface area contributed by atoms with Crippen molar-refractivity contribution in [2.24, 2.45) is 0 Å². The zero-order chi connectivity index (χ0) is 15.1. The van der Waals surface area contributed by atoms with Crippen LogP contribution in [0, 0.1) is 0 Å². The summed E-state index contributed by atoms with van der Waals surface area (Å²) in [6.07, 6.45) is 8.85. The van der Waals surface area contributed by atoms with Crippen LogP contribution in [0.3, 0.4) is 0 Å². The van der Waals surface area contributed by atoms with Crippen LogP contribution in [0.5, 0.6) is 0 Å².